The maximum Gasteiger partial charge on any atom is 0.333 e. The van der Waals surface area contributed by atoms with Crippen LogP contribution in [0.5, 0.6) is 0 Å². The number of carboxylic acid groups (broad SMARTS) is 2. The van der Waals surface area contributed by atoms with Gasteiger partial charge < -0.3 is 95.8 Å². The molecule has 0 aromatic heterocycles. The van der Waals surface area contributed by atoms with E-state index in [0.717, 1.165) is 20.8 Å². The number of amides is 3. The molecule has 24 heteroatoms. The molecule has 14 N–H and O–H groups in total. The standard InChI is InChI=1S/C24H41N3O16.C4H6O5/c1-7(31)25-13-18(36)20(11(5-29)39-22(13)38)42-24-15(27-9(3)33)19(37)21(12(6-30)41-24)43-23-14(26-8(2)32)17(35)16(34)10(4-28)40-23;5-2(4(8)9)1-3(6)7/h10-24,28-30,34-38H,4-6H2,1-3H3,(H,25,31)(H,26,32)(H,27,33);2,5H,1H2,(H,6,7)(H,8,9)/t10-,11-,12-,13-,14-,15-,16-,17-,18-,19-,20+,21+,22-,23+,24+;/m1./s1. The molecule has 0 spiro atoms. The lowest BCUT2D eigenvalue weighted by molar-refractivity contribution is -0.351. The lowest BCUT2D eigenvalue weighted by Gasteiger charge is -2.49. The molecule has 0 aromatic carbocycles. The van der Waals surface area contributed by atoms with Crippen molar-refractivity contribution in [3.8, 4) is 0 Å². The Balaban J connectivity index is 0.000000916. The minimum absolute atomic E-state index is 0.628. The predicted octanol–water partition coefficient (Wildman–Crippen LogP) is -8.24. The van der Waals surface area contributed by atoms with Gasteiger partial charge >= 0.3 is 11.9 Å². The van der Waals surface area contributed by atoms with Gasteiger partial charge in [-0.15, -0.1) is 0 Å². The molecule has 3 fully saturated rings. The van der Waals surface area contributed by atoms with Crippen LogP contribution in [0.1, 0.15) is 27.2 Å². The highest BCUT2D eigenvalue weighted by molar-refractivity contribution is 5.79. The normalized spacial score (nSPS) is 38.1. The summed E-state index contributed by atoms with van der Waals surface area (Å²) in [6.07, 6.45) is -21.6. The van der Waals surface area contributed by atoms with E-state index in [2.05, 4.69) is 16.0 Å². The number of ether oxygens (including phenoxy) is 5. The van der Waals surface area contributed by atoms with Crippen LogP contribution in [-0.2, 0) is 47.7 Å². The van der Waals surface area contributed by atoms with E-state index in [1.54, 1.807) is 0 Å². The van der Waals surface area contributed by atoms with Gasteiger partial charge in [0.1, 0.15) is 73.1 Å². The third-order valence-corrected chi connectivity index (χ3v) is 7.95. The van der Waals surface area contributed by atoms with Crippen molar-refractivity contribution in [3.63, 3.8) is 0 Å². The quantitative estimate of drug-likeness (QED) is 0.0828. The van der Waals surface area contributed by atoms with Gasteiger partial charge in [-0.25, -0.2) is 4.79 Å². The highest BCUT2D eigenvalue weighted by Gasteiger charge is 2.54. The number of carbonyl (C=O) groups is 5. The van der Waals surface area contributed by atoms with Gasteiger partial charge in [0.2, 0.25) is 17.7 Å². The van der Waals surface area contributed by atoms with Crippen molar-refractivity contribution in [1.82, 2.24) is 16.0 Å². The molecule has 3 saturated heterocycles. The average molecular weight is 762 g/mol. The fourth-order valence-corrected chi connectivity index (χ4v) is 5.53. The van der Waals surface area contributed by atoms with Gasteiger partial charge in [0.15, 0.2) is 25.0 Å². The van der Waals surface area contributed by atoms with Gasteiger partial charge in [0.05, 0.1) is 26.2 Å². The largest absolute Gasteiger partial charge is 0.481 e. The van der Waals surface area contributed by atoms with Crippen molar-refractivity contribution in [2.24, 2.45) is 0 Å². The molecule has 3 rings (SSSR count). The van der Waals surface area contributed by atoms with Crippen molar-refractivity contribution in [2.75, 3.05) is 19.8 Å². The molecule has 300 valence electrons. The maximum absolute atomic E-state index is 12.1. The molecule has 1 unspecified atom stereocenters. The van der Waals surface area contributed by atoms with E-state index in [1.807, 2.05) is 0 Å². The first-order valence-corrected chi connectivity index (χ1v) is 15.7. The van der Waals surface area contributed by atoms with E-state index in [1.165, 1.54) is 0 Å². The molecule has 24 nitrogen and oxygen atoms in total. The van der Waals surface area contributed by atoms with E-state index in [4.69, 9.17) is 39.0 Å². The lowest BCUT2D eigenvalue weighted by Crippen LogP contribution is -2.71. The number of carbonyl (C=O) groups excluding carboxylic acids is 3. The van der Waals surface area contributed by atoms with Crippen molar-refractivity contribution < 1.29 is 104 Å². The summed E-state index contributed by atoms with van der Waals surface area (Å²) in [4.78, 5) is 54.9. The summed E-state index contributed by atoms with van der Waals surface area (Å²) < 4.78 is 28.3. The minimum Gasteiger partial charge on any atom is -0.481 e. The Kier molecular flexibility index (Phi) is 17.5. The third-order valence-electron chi connectivity index (χ3n) is 7.95. The fraction of sp³-hybridized carbons (Fsp3) is 0.821. The number of nitrogens with one attached hydrogen (secondary N) is 3. The second kappa shape index (κ2) is 20.3. The number of aliphatic hydroxyl groups excluding tert-OH is 9. The Morgan fingerprint density at radius 3 is 1.37 bits per heavy atom. The Morgan fingerprint density at radius 2 is 0.981 bits per heavy atom. The summed E-state index contributed by atoms with van der Waals surface area (Å²) in [7, 11) is 0. The molecule has 0 aromatic rings. The molecule has 3 aliphatic rings. The summed E-state index contributed by atoms with van der Waals surface area (Å²) in [5.74, 6) is -4.80. The van der Waals surface area contributed by atoms with Crippen LogP contribution in [0.4, 0.5) is 0 Å². The zero-order valence-electron chi connectivity index (χ0n) is 28.1. The van der Waals surface area contributed by atoms with Gasteiger partial charge in [0.25, 0.3) is 0 Å². The minimum atomic E-state index is -1.79. The zero-order chi connectivity index (χ0) is 39.6. The molecule has 0 aliphatic carbocycles. The fourth-order valence-electron chi connectivity index (χ4n) is 5.53. The second-order valence-electron chi connectivity index (χ2n) is 12.0. The monoisotopic (exact) mass is 761 g/mol. The molecule has 16 atom stereocenters. The number of hydrogen-bond acceptors (Lipinski definition) is 19. The average Bonchev–Trinajstić information content (AvgIpc) is 3.05. The predicted molar refractivity (Wildman–Crippen MR) is 162 cm³/mol. The van der Waals surface area contributed by atoms with Crippen LogP contribution >= 0.6 is 0 Å². The molecule has 3 heterocycles. The van der Waals surface area contributed by atoms with Crippen LogP contribution in [-0.4, -0.2) is 204 Å². The van der Waals surface area contributed by atoms with Gasteiger partial charge in [-0.05, 0) is 0 Å². The SMILES string of the molecule is CC(=O)N[C@@H]1[C@@H](O)[C@@H](O[C@@H]2O[C@H](CO)[C@H](O[C@@H]3O[C@H](CO)[C@@H](O)[C@H](O)[C@H]3NC(C)=O)[C@H](O)[C@H]2NC(C)=O)[C@@H](CO)O[C@H]1O.O=C(O)CC(O)C(=O)O. The van der Waals surface area contributed by atoms with Gasteiger partial charge in [-0.1, -0.05) is 0 Å². The van der Waals surface area contributed by atoms with E-state index in [-0.39, 0.29) is 0 Å². The van der Waals surface area contributed by atoms with Crippen LogP contribution in [0.15, 0.2) is 0 Å². The number of aliphatic hydroxyl groups is 9. The smallest absolute Gasteiger partial charge is 0.333 e. The molecule has 0 saturated carbocycles. The number of rotatable bonds is 13. The van der Waals surface area contributed by atoms with E-state index >= 15 is 0 Å². The van der Waals surface area contributed by atoms with Crippen LogP contribution in [0.25, 0.3) is 0 Å². The molecule has 0 bridgehead atoms. The molecular weight excluding hydrogens is 714 g/mol. The van der Waals surface area contributed by atoms with E-state index in [0.29, 0.717) is 0 Å². The van der Waals surface area contributed by atoms with Crippen LogP contribution in [0, 0.1) is 0 Å². The van der Waals surface area contributed by atoms with E-state index in [9.17, 15) is 64.8 Å². The van der Waals surface area contributed by atoms with Gasteiger partial charge in [0, 0.05) is 20.8 Å². The third kappa shape index (κ3) is 11.9. The Labute approximate surface area is 294 Å². The maximum atomic E-state index is 12.1. The van der Waals surface area contributed by atoms with Gasteiger partial charge in [-0.2, -0.15) is 0 Å². The summed E-state index contributed by atoms with van der Waals surface area (Å²) in [6, 6.07) is -4.31. The summed E-state index contributed by atoms with van der Waals surface area (Å²) >= 11 is 0. The van der Waals surface area contributed by atoms with Crippen LogP contribution in [0.3, 0.4) is 0 Å². The highest BCUT2D eigenvalue weighted by atomic mass is 16.7. The first-order valence-electron chi connectivity index (χ1n) is 15.7. The number of carboxylic acids is 2. The highest BCUT2D eigenvalue weighted by Crippen LogP contribution is 2.32. The summed E-state index contributed by atoms with van der Waals surface area (Å²) in [6.45, 7) is 0.995. The molecule has 3 aliphatic heterocycles. The first kappa shape index (κ1) is 44.9. The first-order chi connectivity index (χ1) is 24.3. The van der Waals surface area contributed by atoms with Gasteiger partial charge in [-0.3, -0.25) is 19.2 Å². The van der Waals surface area contributed by atoms with Crippen molar-refractivity contribution in [2.45, 2.75) is 125 Å². The van der Waals surface area contributed by atoms with Crippen molar-refractivity contribution in [3.05, 3.63) is 0 Å². The topological polar surface area (TPSA) is 390 Å². The molecule has 52 heavy (non-hydrogen) atoms. The van der Waals surface area contributed by atoms with Crippen molar-refractivity contribution >= 4 is 29.7 Å². The molecule has 0 radical (unpaired) electrons. The van der Waals surface area contributed by atoms with Crippen LogP contribution < -0.4 is 16.0 Å². The van der Waals surface area contributed by atoms with Crippen molar-refractivity contribution in [1.29, 1.82) is 0 Å². The number of aliphatic carboxylic acids is 2. The Hall–Kier alpha value is -3.21. The Morgan fingerprint density at radius 1 is 0.596 bits per heavy atom. The second-order valence-corrected chi connectivity index (χ2v) is 12.0. The molecular formula is C28H47N3O21. The zero-order valence-corrected chi connectivity index (χ0v) is 28.1. The summed E-state index contributed by atoms with van der Waals surface area (Å²) in [5.41, 5.74) is 0. The van der Waals surface area contributed by atoms with E-state index < -0.39 is 154 Å². The molecule has 3 amide bonds. The Bertz CT molecular complexity index is 1210. The lowest BCUT2D eigenvalue weighted by atomic mass is 9.93. The number of hydrogen-bond donors (Lipinski definition) is 14. The van der Waals surface area contributed by atoms with Crippen LogP contribution in [0.2, 0.25) is 0 Å². The summed E-state index contributed by atoms with van der Waals surface area (Å²) in [5, 5.41) is 114.